The second-order valence-corrected chi connectivity index (χ2v) is 7.43. The molecule has 0 aliphatic carbocycles. The quantitative estimate of drug-likeness (QED) is 0.709. The van der Waals surface area contributed by atoms with Crippen LogP contribution < -0.4 is 0 Å². The van der Waals surface area contributed by atoms with Gasteiger partial charge >= 0.3 is 6.18 Å². The van der Waals surface area contributed by atoms with Gasteiger partial charge in [-0.15, -0.1) is 0 Å². The molecule has 1 aromatic carbocycles. The van der Waals surface area contributed by atoms with E-state index in [0.29, 0.717) is 11.5 Å². The first-order valence-electron chi connectivity index (χ1n) is 8.14. The van der Waals surface area contributed by atoms with E-state index in [0.717, 1.165) is 43.0 Å². The van der Waals surface area contributed by atoms with Gasteiger partial charge < -0.3 is 4.84 Å². The average Bonchev–Trinajstić information content (AvgIpc) is 3.00. The van der Waals surface area contributed by atoms with Gasteiger partial charge in [0.2, 0.25) is 0 Å². The molecular formula is C17H20BrF3N2O. The zero-order valence-corrected chi connectivity index (χ0v) is 15.0. The highest BCUT2D eigenvalue weighted by atomic mass is 79.9. The molecular weight excluding hydrogens is 385 g/mol. The van der Waals surface area contributed by atoms with Gasteiger partial charge in [0.15, 0.2) is 0 Å². The fourth-order valence-corrected chi connectivity index (χ4v) is 3.90. The molecule has 3 rings (SSSR count). The third kappa shape index (κ3) is 3.94. The van der Waals surface area contributed by atoms with Crippen LogP contribution in [0.5, 0.6) is 0 Å². The van der Waals surface area contributed by atoms with Gasteiger partial charge in [-0.2, -0.15) is 13.2 Å². The molecule has 3 atom stereocenters. The molecule has 24 heavy (non-hydrogen) atoms. The van der Waals surface area contributed by atoms with E-state index in [9.17, 15) is 13.2 Å². The van der Waals surface area contributed by atoms with Crippen molar-refractivity contribution in [1.29, 1.82) is 0 Å². The lowest BCUT2D eigenvalue weighted by molar-refractivity contribution is -0.137. The smallest absolute Gasteiger partial charge is 0.391 e. The van der Waals surface area contributed by atoms with Gasteiger partial charge in [0, 0.05) is 24.9 Å². The molecule has 2 heterocycles. The summed E-state index contributed by atoms with van der Waals surface area (Å²) < 4.78 is 39.6. The lowest BCUT2D eigenvalue weighted by Gasteiger charge is -2.38. The Bertz CT molecular complexity index is 620. The molecule has 0 bridgehead atoms. The minimum absolute atomic E-state index is 0.0548. The molecule has 0 radical (unpaired) electrons. The zero-order valence-electron chi connectivity index (χ0n) is 13.4. The molecule has 2 aliphatic heterocycles. The van der Waals surface area contributed by atoms with Gasteiger partial charge in [-0.25, -0.2) is 0 Å². The third-order valence-corrected chi connectivity index (χ3v) is 5.38. The number of hydrogen-bond acceptors (Lipinski definition) is 3. The number of halogens is 4. The summed E-state index contributed by atoms with van der Waals surface area (Å²) in [4.78, 5) is 7.72. The summed E-state index contributed by atoms with van der Waals surface area (Å²) in [6.45, 7) is 3.68. The maximum Gasteiger partial charge on any atom is 0.416 e. The van der Waals surface area contributed by atoms with Crippen LogP contribution in [0.3, 0.4) is 0 Å². The molecule has 2 aliphatic rings. The molecule has 0 saturated carbocycles. The van der Waals surface area contributed by atoms with E-state index in [4.69, 9.17) is 4.84 Å². The van der Waals surface area contributed by atoms with Crippen molar-refractivity contribution in [1.82, 2.24) is 4.90 Å². The molecule has 0 amide bonds. The summed E-state index contributed by atoms with van der Waals surface area (Å²) in [5.41, 5.74) is 0.118. The summed E-state index contributed by atoms with van der Waals surface area (Å²) in [5, 5.41) is 3.95. The molecule has 1 saturated heterocycles. The predicted molar refractivity (Wildman–Crippen MR) is 90.0 cm³/mol. The number of benzene rings is 1. The highest BCUT2D eigenvalue weighted by Crippen LogP contribution is 2.35. The Morgan fingerprint density at radius 2 is 2.17 bits per heavy atom. The summed E-state index contributed by atoms with van der Waals surface area (Å²) >= 11 is 3.36. The van der Waals surface area contributed by atoms with Crippen LogP contribution in [-0.4, -0.2) is 28.7 Å². The SMILES string of the molecule is C[C@@H](c1cccc(C(F)(F)F)c1)N1CCCC(C2CC(Br)=NO2)C1. The summed E-state index contributed by atoms with van der Waals surface area (Å²) in [6.07, 6.45) is -1.38. The lowest BCUT2D eigenvalue weighted by Crippen LogP contribution is -2.41. The number of rotatable bonds is 3. The minimum Gasteiger partial charge on any atom is -0.391 e. The van der Waals surface area contributed by atoms with E-state index in [-0.39, 0.29) is 12.1 Å². The molecule has 0 aromatic heterocycles. The third-order valence-electron chi connectivity index (χ3n) is 4.92. The topological polar surface area (TPSA) is 24.8 Å². The van der Waals surface area contributed by atoms with E-state index in [1.807, 2.05) is 6.92 Å². The summed E-state index contributed by atoms with van der Waals surface area (Å²) in [5.74, 6) is 0.353. The summed E-state index contributed by atoms with van der Waals surface area (Å²) in [6, 6.07) is 5.59. The van der Waals surface area contributed by atoms with Crippen LogP contribution in [-0.2, 0) is 11.0 Å². The molecule has 7 heteroatoms. The van der Waals surface area contributed by atoms with Crippen LogP contribution in [0.25, 0.3) is 0 Å². The van der Waals surface area contributed by atoms with E-state index in [1.165, 1.54) is 12.1 Å². The number of nitrogens with zero attached hydrogens (tertiary/aromatic N) is 2. The fraction of sp³-hybridized carbons (Fsp3) is 0.588. The van der Waals surface area contributed by atoms with Gasteiger partial charge in [-0.1, -0.05) is 17.3 Å². The van der Waals surface area contributed by atoms with Gasteiger partial charge in [-0.05, 0) is 59.9 Å². The number of alkyl halides is 3. The van der Waals surface area contributed by atoms with Crippen LogP contribution in [0.1, 0.15) is 43.4 Å². The van der Waals surface area contributed by atoms with Gasteiger partial charge in [0.1, 0.15) is 10.7 Å². The second-order valence-electron chi connectivity index (χ2n) is 6.51. The van der Waals surface area contributed by atoms with E-state index in [2.05, 4.69) is 26.0 Å². The van der Waals surface area contributed by atoms with Crippen LogP contribution in [0.4, 0.5) is 13.2 Å². The maximum atomic E-state index is 12.9. The fourth-order valence-electron chi connectivity index (χ4n) is 3.50. The highest BCUT2D eigenvalue weighted by Gasteiger charge is 2.35. The Morgan fingerprint density at radius 1 is 1.38 bits per heavy atom. The number of oxime groups is 1. The van der Waals surface area contributed by atoms with E-state index >= 15 is 0 Å². The van der Waals surface area contributed by atoms with Crippen LogP contribution in [0.15, 0.2) is 29.4 Å². The van der Waals surface area contributed by atoms with Crippen molar-refractivity contribution in [2.75, 3.05) is 13.1 Å². The maximum absolute atomic E-state index is 12.9. The second kappa shape index (κ2) is 7.04. The van der Waals surface area contributed by atoms with Crippen LogP contribution in [0.2, 0.25) is 0 Å². The van der Waals surface area contributed by atoms with Crippen molar-refractivity contribution in [2.45, 2.75) is 44.5 Å². The first kappa shape index (κ1) is 17.7. The highest BCUT2D eigenvalue weighted by molar-refractivity contribution is 9.18. The van der Waals surface area contributed by atoms with E-state index in [1.54, 1.807) is 6.07 Å². The van der Waals surface area contributed by atoms with Crippen LogP contribution >= 0.6 is 15.9 Å². The lowest BCUT2D eigenvalue weighted by atomic mass is 9.89. The molecule has 0 spiro atoms. The van der Waals surface area contributed by atoms with E-state index < -0.39 is 11.7 Å². The Hall–Kier alpha value is -1.08. The Labute approximate surface area is 148 Å². The first-order valence-corrected chi connectivity index (χ1v) is 8.93. The Balaban J connectivity index is 1.69. The molecule has 2 unspecified atom stereocenters. The predicted octanol–water partition coefficient (Wildman–Crippen LogP) is 4.98. The van der Waals surface area contributed by atoms with Crippen molar-refractivity contribution in [3.63, 3.8) is 0 Å². The monoisotopic (exact) mass is 404 g/mol. The number of piperidine rings is 1. The zero-order chi connectivity index (χ0) is 17.3. The Kier molecular flexibility index (Phi) is 5.20. The van der Waals surface area contributed by atoms with Gasteiger partial charge in [0.05, 0.1) is 5.56 Å². The summed E-state index contributed by atoms with van der Waals surface area (Å²) in [7, 11) is 0. The minimum atomic E-state index is -4.30. The van der Waals surface area contributed by atoms with Crippen molar-refractivity contribution in [2.24, 2.45) is 11.1 Å². The van der Waals surface area contributed by atoms with Crippen molar-refractivity contribution < 1.29 is 18.0 Å². The molecule has 1 aromatic rings. The normalized spacial score (nSPS) is 26.8. The van der Waals surface area contributed by atoms with Crippen molar-refractivity contribution in [3.8, 4) is 0 Å². The number of hydrogen-bond donors (Lipinski definition) is 0. The number of likely N-dealkylation sites (tertiary alicyclic amines) is 1. The van der Waals surface area contributed by atoms with Gasteiger partial charge in [-0.3, -0.25) is 4.90 Å². The largest absolute Gasteiger partial charge is 0.416 e. The molecule has 0 N–H and O–H groups in total. The molecule has 3 nitrogen and oxygen atoms in total. The van der Waals surface area contributed by atoms with Crippen molar-refractivity contribution in [3.05, 3.63) is 35.4 Å². The van der Waals surface area contributed by atoms with Crippen LogP contribution in [0, 0.1) is 5.92 Å². The molecule has 1 fully saturated rings. The Morgan fingerprint density at radius 3 is 2.83 bits per heavy atom. The first-order chi connectivity index (χ1) is 11.3. The van der Waals surface area contributed by atoms with Gasteiger partial charge in [0.25, 0.3) is 0 Å². The standard InChI is InChI=1S/C17H20BrF3N2O/c1-11(12-4-2-6-14(8-12)17(19,20)21)23-7-3-5-13(10-23)15-9-16(18)22-24-15/h2,4,6,8,11,13,15H,3,5,7,9-10H2,1H3/t11-,13?,15?/m0/s1. The van der Waals surface area contributed by atoms with Crippen molar-refractivity contribution >= 4 is 20.6 Å². The molecule has 132 valence electrons. The average molecular weight is 405 g/mol.